The lowest BCUT2D eigenvalue weighted by atomic mass is 9.86. The van der Waals surface area contributed by atoms with Gasteiger partial charge in [-0.05, 0) is 36.2 Å². The Balaban J connectivity index is 1.91. The molecule has 0 radical (unpaired) electrons. The van der Waals surface area contributed by atoms with Gasteiger partial charge in [0, 0.05) is 29.9 Å². The predicted octanol–water partition coefficient (Wildman–Crippen LogP) is 4.82. The highest BCUT2D eigenvalue weighted by molar-refractivity contribution is 6.29. The fraction of sp³-hybridized carbons (Fsp3) is 0.217. The number of carbonyl (C=O) groups is 1. The van der Waals surface area contributed by atoms with E-state index in [1.54, 1.807) is 12.1 Å². The molecule has 4 rings (SSSR count). The number of aromatic nitrogens is 1. The fourth-order valence-corrected chi connectivity index (χ4v) is 4.04. The zero-order valence-electron chi connectivity index (χ0n) is 16.9. The lowest BCUT2D eigenvalue weighted by Gasteiger charge is -2.38. The van der Waals surface area contributed by atoms with E-state index in [1.165, 1.54) is 43.5 Å². The minimum absolute atomic E-state index is 0.0414. The highest BCUT2D eigenvalue weighted by Crippen LogP contribution is 2.44. The van der Waals surface area contributed by atoms with Crippen molar-refractivity contribution < 1.29 is 23.0 Å². The van der Waals surface area contributed by atoms with Crippen LogP contribution in [0.3, 0.4) is 0 Å². The third-order valence-corrected chi connectivity index (χ3v) is 5.60. The van der Waals surface area contributed by atoms with Gasteiger partial charge >= 0.3 is 0 Å². The van der Waals surface area contributed by atoms with Gasteiger partial charge in [-0.2, -0.15) is 0 Å². The molecule has 0 N–H and O–H groups in total. The van der Waals surface area contributed by atoms with Crippen molar-refractivity contribution in [2.24, 2.45) is 0 Å². The quantitative estimate of drug-likeness (QED) is 0.541. The average molecular weight is 445 g/mol. The Morgan fingerprint density at radius 2 is 1.97 bits per heavy atom. The van der Waals surface area contributed by atoms with E-state index in [4.69, 9.17) is 21.1 Å². The molecule has 2 aromatic carbocycles. The minimum atomic E-state index is -1.01. The van der Waals surface area contributed by atoms with Crippen LogP contribution in [0.5, 0.6) is 11.5 Å². The number of nitrogens with zero attached hydrogens (tertiary/aromatic N) is 2. The van der Waals surface area contributed by atoms with Crippen molar-refractivity contribution in [2.75, 3.05) is 20.8 Å². The number of hydrogen-bond acceptors (Lipinski definition) is 4. The van der Waals surface area contributed by atoms with Gasteiger partial charge in [0.25, 0.3) is 5.91 Å². The van der Waals surface area contributed by atoms with Gasteiger partial charge in [0.05, 0.1) is 25.8 Å². The van der Waals surface area contributed by atoms with Crippen LogP contribution in [-0.2, 0) is 6.42 Å². The van der Waals surface area contributed by atoms with Gasteiger partial charge in [-0.3, -0.25) is 4.79 Å². The van der Waals surface area contributed by atoms with E-state index in [-0.39, 0.29) is 23.2 Å². The van der Waals surface area contributed by atoms with Gasteiger partial charge in [0.15, 0.2) is 11.6 Å². The summed E-state index contributed by atoms with van der Waals surface area (Å²) >= 11 is 5.84. The van der Waals surface area contributed by atoms with Gasteiger partial charge in [0.1, 0.15) is 16.7 Å². The van der Waals surface area contributed by atoms with E-state index in [2.05, 4.69) is 4.98 Å². The molecule has 1 aliphatic heterocycles. The number of carbonyl (C=O) groups excluding carboxylic acids is 1. The van der Waals surface area contributed by atoms with E-state index >= 15 is 0 Å². The molecule has 5 nitrogen and oxygen atoms in total. The number of rotatable bonds is 4. The molecule has 0 aliphatic carbocycles. The van der Waals surface area contributed by atoms with E-state index in [0.29, 0.717) is 29.0 Å². The molecule has 0 saturated carbocycles. The number of fused-ring (bicyclic) bond motifs is 1. The zero-order valence-corrected chi connectivity index (χ0v) is 17.6. The van der Waals surface area contributed by atoms with Crippen LogP contribution in [0.2, 0.25) is 5.15 Å². The van der Waals surface area contributed by atoms with Crippen LogP contribution in [-0.4, -0.2) is 36.6 Å². The summed E-state index contributed by atoms with van der Waals surface area (Å²) in [6, 6.07) is 9.60. The summed E-state index contributed by atoms with van der Waals surface area (Å²) in [5, 5.41) is 0.252. The summed E-state index contributed by atoms with van der Waals surface area (Å²) in [5.74, 6) is -1.37. The summed E-state index contributed by atoms with van der Waals surface area (Å²) in [7, 11) is 3.02. The average Bonchev–Trinajstić information content (AvgIpc) is 2.79. The molecular formula is C23H19ClF2N2O3. The maximum Gasteiger partial charge on any atom is 0.256 e. The first-order valence-electron chi connectivity index (χ1n) is 9.55. The number of pyridine rings is 1. The van der Waals surface area contributed by atoms with E-state index in [1.807, 2.05) is 6.07 Å². The number of halogens is 3. The molecule has 0 saturated heterocycles. The molecule has 31 heavy (non-hydrogen) atoms. The highest BCUT2D eigenvalue weighted by Gasteiger charge is 2.37. The number of ether oxygens (including phenoxy) is 2. The molecule has 1 unspecified atom stereocenters. The maximum absolute atomic E-state index is 14.9. The third kappa shape index (κ3) is 3.81. The molecule has 0 fully saturated rings. The van der Waals surface area contributed by atoms with Gasteiger partial charge in [-0.25, -0.2) is 13.8 Å². The molecule has 1 aliphatic rings. The first-order valence-corrected chi connectivity index (χ1v) is 9.93. The van der Waals surface area contributed by atoms with Crippen molar-refractivity contribution in [3.05, 3.63) is 87.7 Å². The maximum atomic E-state index is 14.9. The first-order chi connectivity index (χ1) is 14.9. The third-order valence-electron chi connectivity index (χ3n) is 5.38. The van der Waals surface area contributed by atoms with Crippen LogP contribution in [0.4, 0.5) is 8.78 Å². The Bertz CT molecular complexity index is 1120. The second-order valence-electron chi connectivity index (χ2n) is 7.07. The Kier molecular flexibility index (Phi) is 5.78. The largest absolute Gasteiger partial charge is 0.497 e. The fourth-order valence-electron chi connectivity index (χ4n) is 3.93. The molecule has 1 aromatic heterocycles. The standard InChI is InChI=1S/C23H19ClF2N2O3/c1-30-15-10-13-8-9-28(23(29)14-6-7-19(24)27-12-14)22(20(13)18(11-15)31-2)16-4-3-5-17(25)21(16)26/h3-7,10-12,22H,8-9H2,1-2H3. The number of amides is 1. The van der Waals surface area contributed by atoms with Crippen LogP contribution in [0.15, 0.2) is 48.7 Å². The lowest BCUT2D eigenvalue weighted by molar-refractivity contribution is 0.0688. The summed E-state index contributed by atoms with van der Waals surface area (Å²) < 4.78 is 40.0. The van der Waals surface area contributed by atoms with E-state index in [9.17, 15) is 13.6 Å². The Labute approximate surface area is 183 Å². The molecule has 8 heteroatoms. The Morgan fingerprint density at radius 3 is 2.65 bits per heavy atom. The second kappa shape index (κ2) is 8.51. The molecule has 1 atom stereocenters. The van der Waals surface area contributed by atoms with Crippen LogP contribution in [0.25, 0.3) is 0 Å². The smallest absolute Gasteiger partial charge is 0.256 e. The van der Waals surface area contributed by atoms with Crippen molar-refractivity contribution in [3.8, 4) is 11.5 Å². The van der Waals surface area contributed by atoms with Gasteiger partial charge < -0.3 is 14.4 Å². The van der Waals surface area contributed by atoms with Gasteiger partial charge in [-0.15, -0.1) is 0 Å². The summed E-state index contributed by atoms with van der Waals surface area (Å²) in [4.78, 5) is 18.9. The lowest BCUT2D eigenvalue weighted by Crippen LogP contribution is -2.41. The SMILES string of the molecule is COc1cc2c(c(OC)c1)C(c1cccc(F)c1F)N(C(=O)c1ccc(Cl)nc1)CC2. The number of benzene rings is 2. The van der Waals surface area contributed by atoms with Crippen LogP contribution in [0.1, 0.15) is 33.1 Å². The second-order valence-corrected chi connectivity index (χ2v) is 7.45. The Morgan fingerprint density at radius 1 is 1.16 bits per heavy atom. The van der Waals surface area contributed by atoms with E-state index in [0.717, 1.165) is 11.6 Å². The van der Waals surface area contributed by atoms with Crippen LogP contribution in [0, 0.1) is 11.6 Å². The number of hydrogen-bond donors (Lipinski definition) is 0. The van der Waals surface area contributed by atoms with E-state index < -0.39 is 17.7 Å². The minimum Gasteiger partial charge on any atom is -0.497 e. The summed E-state index contributed by atoms with van der Waals surface area (Å²) in [6.45, 7) is 0.283. The molecule has 2 heterocycles. The molecule has 1 amide bonds. The van der Waals surface area contributed by atoms with Gasteiger partial charge in [0.2, 0.25) is 0 Å². The van der Waals surface area contributed by atoms with Crippen molar-refractivity contribution in [2.45, 2.75) is 12.5 Å². The van der Waals surface area contributed by atoms with Crippen molar-refractivity contribution in [3.63, 3.8) is 0 Å². The molecule has 3 aromatic rings. The van der Waals surface area contributed by atoms with Crippen LogP contribution >= 0.6 is 11.6 Å². The Hall–Kier alpha value is -3.19. The van der Waals surface area contributed by atoms with Crippen molar-refractivity contribution >= 4 is 17.5 Å². The predicted molar refractivity (Wildman–Crippen MR) is 112 cm³/mol. The summed E-state index contributed by atoms with van der Waals surface area (Å²) in [6.07, 6.45) is 1.85. The monoisotopic (exact) mass is 444 g/mol. The van der Waals surface area contributed by atoms with Crippen molar-refractivity contribution in [1.29, 1.82) is 0 Å². The highest BCUT2D eigenvalue weighted by atomic mass is 35.5. The molecule has 160 valence electrons. The normalized spacial score (nSPS) is 15.4. The number of methoxy groups -OCH3 is 2. The first kappa shape index (κ1) is 21.1. The summed E-state index contributed by atoms with van der Waals surface area (Å²) in [5.41, 5.74) is 1.76. The van der Waals surface area contributed by atoms with Gasteiger partial charge in [-0.1, -0.05) is 23.7 Å². The van der Waals surface area contributed by atoms with Crippen molar-refractivity contribution in [1.82, 2.24) is 9.88 Å². The topological polar surface area (TPSA) is 51.7 Å². The molecule has 0 bridgehead atoms. The van der Waals surface area contributed by atoms with Crippen LogP contribution < -0.4 is 9.47 Å². The molecular weight excluding hydrogens is 426 g/mol. The zero-order chi connectivity index (χ0) is 22.1. The molecule has 0 spiro atoms.